The van der Waals surface area contributed by atoms with Crippen LogP contribution in [0.25, 0.3) is 0 Å². The Morgan fingerprint density at radius 3 is 2.45 bits per heavy atom. The number of aliphatic hydroxyl groups is 1. The van der Waals surface area contributed by atoms with Gasteiger partial charge in [0.05, 0.1) is 5.60 Å². The van der Waals surface area contributed by atoms with Crippen LogP contribution in [-0.2, 0) is 0 Å². The van der Waals surface area contributed by atoms with Crippen molar-refractivity contribution in [1.82, 2.24) is 0 Å². The average Bonchev–Trinajstić information content (AvgIpc) is 2.62. The van der Waals surface area contributed by atoms with Crippen LogP contribution in [0.1, 0.15) is 50.5 Å². The first-order valence-corrected chi connectivity index (χ1v) is 7.14. The van der Waals surface area contributed by atoms with Gasteiger partial charge < -0.3 is 16.2 Å². The maximum absolute atomic E-state index is 13.0. The number of rotatable bonds is 4. The van der Waals surface area contributed by atoms with E-state index in [0.29, 0.717) is 17.9 Å². The lowest BCUT2D eigenvalue weighted by molar-refractivity contribution is 0.0380. The Bertz CT molecular complexity index is 443. The Morgan fingerprint density at radius 2 is 1.85 bits per heavy atom. The smallest absolute Gasteiger partial charge is 0.265 e. The summed E-state index contributed by atoms with van der Waals surface area (Å²) in [7, 11) is 0. The minimum absolute atomic E-state index is 0.109. The number of alkyl halides is 2. The monoisotopic (exact) mass is 284 g/mol. The number of nitrogen functional groups attached to an aromatic ring is 1. The Balaban J connectivity index is 2.06. The molecule has 3 nitrogen and oxygen atoms in total. The van der Waals surface area contributed by atoms with Gasteiger partial charge in [-0.2, -0.15) is 0 Å². The van der Waals surface area contributed by atoms with E-state index in [1.54, 1.807) is 12.1 Å². The zero-order chi connectivity index (χ0) is 14.6. The van der Waals surface area contributed by atoms with Crippen LogP contribution in [0.5, 0.6) is 0 Å². The van der Waals surface area contributed by atoms with Crippen molar-refractivity contribution in [2.45, 2.75) is 50.6 Å². The van der Waals surface area contributed by atoms with Gasteiger partial charge in [0.25, 0.3) is 6.43 Å². The summed E-state index contributed by atoms with van der Waals surface area (Å²) in [6.07, 6.45) is 3.10. The molecule has 0 heterocycles. The molecule has 0 radical (unpaired) electrons. The van der Waals surface area contributed by atoms with Crippen LogP contribution in [0.2, 0.25) is 0 Å². The maximum atomic E-state index is 13.0. The summed E-state index contributed by atoms with van der Waals surface area (Å²) in [4.78, 5) is 0. The Hall–Kier alpha value is -1.36. The zero-order valence-electron chi connectivity index (χ0n) is 11.5. The lowest BCUT2D eigenvalue weighted by Crippen LogP contribution is -2.36. The fourth-order valence-electron chi connectivity index (χ4n) is 2.75. The highest BCUT2D eigenvalue weighted by molar-refractivity contribution is 5.58. The van der Waals surface area contributed by atoms with E-state index < -0.39 is 12.0 Å². The summed E-state index contributed by atoms with van der Waals surface area (Å²) in [5.41, 5.74) is 5.31. The number of hydrogen-bond acceptors (Lipinski definition) is 3. The molecule has 5 heteroatoms. The van der Waals surface area contributed by atoms with Crippen molar-refractivity contribution in [2.75, 3.05) is 17.6 Å². The van der Waals surface area contributed by atoms with Crippen molar-refractivity contribution in [3.63, 3.8) is 0 Å². The van der Waals surface area contributed by atoms with E-state index in [1.165, 1.54) is 6.07 Å². The maximum Gasteiger partial charge on any atom is 0.265 e. The summed E-state index contributed by atoms with van der Waals surface area (Å²) >= 11 is 0. The van der Waals surface area contributed by atoms with Crippen LogP contribution < -0.4 is 11.1 Å². The molecule has 0 unspecified atom stereocenters. The van der Waals surface area contributed by atoms with E-state index >= 15 is 0 Å². The summed E-state index contributed by atoms with van der Waals surface area (Å²) in [6, 6.07) is 4.42. The third-order valence-corrected chi connectivity index (χ3v) is 3.95. The van der Waals surface area contributed by atoms with E-state index in [-0.39, 0.29) is 5.56 Å². The summed E-state index contributed by atoms with van der Waals surface area (Å²) < 4.78 is 26.0. The Morgan fingerprint density at radius 1 is 1.20 bits per heavy atom. The molecular weight excluding hydrogens is 262 g/mol. The van der Waals surface area contributed by atoms with Crippen molar-refractivity contribution in [1.29, 1.82) is 0 Å². The third kappa shape index (κ3) is 3.82. The molecule has 1 saturated carbocycles. The van der Waals surface area contributed by atoms with E-state index in [4.69, 9.17) is 5.73 Å². The van der Waals surface area contributed by atoms with Crippen molar-refractivity contribution >= 4 is 11.4 Å². The molecule has 1 aliphatic carbocycles. The van der Waals surface area contributed by atoms with Gasteiger partial charge in [-0.05, 0) is 31.0 Å². The van der Waals surface area contributed by atoms with E-state index in [2.05, 4.69) is 5.32 Å². The minimum atomic E-state index is -2.58. The number of benzene rings is 1. The van der Waals surface area contributed by atoms with Gasteiger partial charge in [0.1, 0.15) is 0 Å². The van der Waals surface area contributed by atoms with Gasteiger partial charge >= 0.3 is 0 Å². The van der Waals surface area contributed by atoms with Gasteiger partial charge in [0, 0.05) is 23.5 Å². The van der Waals surface area contributed by atoms with Crippen LogP contribution in [0.4, 0.5) is 20.2 Å². The summed E-state index contributed by atoms with van der Waals surface area (Å²) in [6.45, 7) is 0.302. The number of nitrogens with two attached hydrogens (primary N) is 1. The van der Waals surface area contributed by atoms with Crippen molar-refractivity contribution in [3.05, 3.63) is 23.8 Å². The first-order chi connectivity index (χ1) is 9.50. The minimum Gasteiger partial charge on any atom is -0.399 e. The van der Waals surface area contributed by atoms with Gasteiger partial charge in [-0.15, -0.1) is 0 Å². The number of halogens is 2. The van der Waals surface area contributed by atoms with Crippen molar-refractivity contribution in [2.24, 2.45) is 0 Å². The molecule has 0 aliphatic heterocycles. The van der Waals surface area contributed by atoms with Gasteiger partial charge in [-0.1, -0.05) is 25.7 Å². The molecule has 0 aromatic heterocycles. The highest BCUT2D eigenvalue weighted by Gasteiger charge is 2.28. The molecule has 4 N–H and O–H groups in total. The Labute approximate surface area is 118 Å². The van der Waals surface area contributed by atoms with E-state index in [9.17, 15) is 13.9 Å². The molecule has 20 heavy (non-hydrogen) atoms. The average molecular weight is 284 g/mol. The number of hydrogen-bond donors (Lipinski definition) is 3. The molecule has 0 amide bonds. The van der Waals surface area contributed by atoms with E-state index in [1.807, 2.05) is 0 Å². The molecule has 0 atom stereocenters. The van der Waals surface area contributed by atoms with Crippen LogP contribution in [0.15, 0.2) is 18.2 Å². The lowest BCUT2D eigenvalue weighted by Gasteiger charge is -2.28. The molecular formula is C15H22F2N2O. The quantitative estimate of drug-likeness (QED) is 0.583. The van der Waals surface area contributed by atoms with Crippen LogP contribution in [-0.4, -0.2) is 17.3 Å². The van der Waals surface area contributed by atoms with Crippen LogP contribution >= 0.6 is 0 Å². The van der Waals surface area contributed by atoms with Gasteiger partial charge in [0.2, 0.25) is 0 Å². The molecule has 1 aromatic carbocycles. The number of anilines is 2. The molecule has 1 aromatic rings. The molecule has 1 aliphatic rings. The predicted octanol–water partition coefficient (Wildman–Crippen LogP) is 3.70. The van der Waals surface area contributed by atoms with Gasteiger partial charge in [-0.25, -0.2) is 8.78 Å². The molecule has 0 spiro atoms. The number of nitrogens with one attached hydrogen (secondary N) is 1. The summed E-state index contributed by atoms with van der Waals surface area (Å²) in [5, 5.41) is 13.5. The lowest BCUT2D eigenvalue weighted by atomic mass is 9.94. The summed E-state index contributed by atoms with van der Waals surface area (Å²) in [5.74, 6) is 0. The SMILES string of the molecule is Nc1ccc(NCC2(O)CCCCCC2)c(C(F)F)c1. The second-order valence-electron chi connectivity index (χ2n) is 5.64. The predicted molar refractivity (Wildman–Crippen MR) is 77.0 cm³/mol. The normalized spacial score (nSPS) is 18.8. The highest BCUT2D eigenvalue weighted by Crippen LogP contribution is 2.31. The second kappa shape index (κ2) is 6.39. The zero-order valence-corrected chi connectivity index (χ0v) is 11.5. The molecule has 112 valence electrons. The molecule has 1 fully saturated rings. The van der Waals surface area contributed by atoms with Crippen LogP contribution in [0.3, 0.4) is 0 Å². The first kappa shape index (κ1) is 15.0. The molecule has 0 saturated heterocycles. The molecule has 2 rings (SSSR count). The van der Waals surface area contributed by atoms with Crippen LogP contribution in [0, 0.1) is 0 Å². The second-order valence-corrected chi connectivity index (χ2v) is 5.64. The van der Waals surface area contributed by atoms with Gasteiger partial charge in [0.15, 0.2) is 0 Å². The topological polar surface area (TPSA) is 58.3 Å². The first-order valence-electron chi connectivity index (χ1n) is 7.14. The molecule has 0 bridgehead atoms. The van der Waals surface area contributed by atoms with E-state index in [0.717, 1.165) is 38.5 Å². The highest BCUT2D eigenvalue weighted by atomic mass is 19.3. The van der Waals surface area contributed by atoms with Crippen molar-refractivity contribution < 1.29 is 13.9 Å². The fourth-order valence-corrected chi connectivity index (χ4v) is 2.75. The van der Waals surface area contributed by atoms with Gasteiger partial charge in [-0.3, -0.25) is 0 Å². The largest absolute Gasteiger partial charge is 0.399 e. The van der Waals surface area contributed by atoms with Crippen molar-refractivity contribution in [3.8, 4) is 0 Å². The Kier molecular flexibility index (Phi) is 4.81. The fraction of sp³-hybridized carbons (Fsp3) is 0.600. The standard InChI is InChI=1S/C15H22F2N2O/c16-14(17)12-9-11(18)5-6-13(12)19-10-15(20)7-3-1-2-4-8-15/h5-6,9,14,19-20H,1-4,7-8,10,18H2. The third-order valence-electron chi connectivity index (χ3n) is 3.95.